The predicted octanol–water partition coefficient (Wildman–Crippen LogP) is 5.76. The van der Waals surface area contributed by atoms with Crippen molar-refractivity contribution in [3.05, 3.63) is 77.3 Å². The zero-order valence-electron chi connectivity index (χ0n) is 17.0. The number of hydrogen-bond acceptors (Lipinski definition) is 4. The van der Waals surface area contributed by atoms with E-state index in [-0.39, 0.29) is 17.7 Å². The van der Waals surface area contributed by atoms with Crippen LogP contribution < -0.4 is 5.32 Å². The summed E-state index contributed by atoms with van der Waals surface area (Å²) >= 11 is 0. The molecule has 0 saturated carbocycles. The van der Waals surface area contributed by atoms with Crippen LogP contribution in [0.5, 0.6) is 0 Å². The van der Waals surface area contributed by atoms with Crippen molar-refractivity contribution in [1.82, 2.24) is 15.0 Å². The lowest BCUT2D eigenvalue weighted by molar-refractivity contribution is -0.137. The van der Waals surface area contributed by atoms with Crippen molar-refractivity contribution in [2.45, 2.75) is 38.8 Å². The summed E-state index contributed by atoms with van der Waals surface area (Å²) in [5.41, 5.74) is 2.18. The van der Waals surface area contributed by atoms with Gasteiger partial charge in [-0.1, -0.05) is 6.92 Å². The number of pyridine rings is 1. The molecule has 0 bridgehead atoms. The quantitative estimate of drug-likeness (QED) is 0.423. The summed E-state index contributed by atoms with van der Waals surface area (Å²) in [6.45, 7) is 2.13. The van der Waals surface area contributed by atoms with E-state index in [1.54, 1.807) is 12.3 Å². The van der Waals surface area contributed by atoms with Crippen LogP contribution in [0.1, 0.15) is 35.9 Å². The van der Waals surface area contributed by atoms with Crippen LogP contribution in [0, 0.1) is 17.7 Å². The zero-order chi connectivity index (χ0) is 22.0. The molecule has 162 valence electrons. The van der Waals surface area contributed by atoms with Crippen LogP contribution in [0.3, 0.4) is 0 Å². The van der Waals surface area contributed by atoms with Gasteiger partial charge in [-0.05, 0) is 73.9 Å². The monoisotopic (exact) mass is 430 g/mol. The minimum Gasteiger partial charge on any atom is -0.340 e. The molecule has 0 radical (unpaired) electrons. The highest BCUT2D eigenvalue weighted by atomic mass is 19.4. The zero-order valence-corrected chi connectivity index (χ0v) is 17.0. The minimum absolute atomic E-state index is 0.234. The summed E-state index contributed by atoms with van der Waals surface area (Å²) in [6, 6.07) is 7.88. The predicted molar refractivity (Wildman–Crippen MR) is 109 cm³/mol. The third kappa shape index (κ3) is 4.84. The lowest BCUT2D eigenvalue weighted by atomic mass is 9.85. The molecule has 8 heteroatoms. The first kappa shape index (κ1) is 21.2. The van der Waals surface area contributed by atoms with Gasteiger partial charge >= 0.3 is 6.18 Å². The number of nitrogens with zero attached hydrogens (tertiary/aromatic N) is 3. The number of fused-ring (bicyclic) bond motifs is 1. The second-order valence-corrected chi connectivity index (χ2v) is 7.96. The maximum absolute atomic E-state index is 14.1. The van der Waals surface area contributed by atoms with Gasteiger partial charge in [0.15, 0.2) is 0 Å². The molecule has 31 heavy (non-hydrogen) atoms. The van der Waals surface area contributed by atoms with E-state index < -0.39 is 11.7 Å². The summed E-state index contributed by atoms with van der Waals surface area (Å²) < 4.78 is 52.5. The molecule has 3 aromatic rings. The van der Waals surface area contributed by atoms with Gasteiger partial charge in [0, 0.05) is 23.1 Å². The molecule has 1 aliphatic rings. The maximum Gasteiger partial charge on any atom is 0.416 e. The molecule has 2 aromatic heterocycles. The van der Waals surface area contributed by atoms with Crippen LogP contribution in [0.25, 0.3) is 0 Å². The van der Waals surface area contributed by atoms with Gasteiger partial charge in [0.1, 0.15) is 18.0 Å². The minimum atomic E-state index is -4.37. The SMILES string of the molecule is CC1Cc2ncnc(Nc3ccc(C(F)(F)F)cc3)c2CCC1Cc1ncccc1F. The molecular weight excluding hydrogens is 408 g/mol. The van der Waals surface area contributed by atoms with Gasteiger partial charge in [-0.25, -0.2) is 14.4 Å². The number of halogens is 4. The van der Waals surface area contributed by atoms with Crippen molar-refractivity contribution in [2.75, 3.05) is 5.32 Å². The van der Waals surface area contributed by atoms with Gasteiger partial charge in [-0.2, -0.15) is 13.2 Å². The molecule has 4 nitrogen and oxygen atoms in total. The Morgan fingerprint density at radius 2 is 1.84 bits per heavy atom. The van der Waals surface area contributed by atoms with Gasteiger partial charge in [-0.15, -0.1) is 0 Å². The molecule has 0 spiro atoms. The van der Waals surface area contributed by atoms with Crippen LogP contribution >= 0.6 is 0 Å². The van der Waals surface area contributed by atoms with Gasteiger partial charge in [0.25, 0.3) is 0 Å². The Morgan fingerprint density at radius 1 is 1.06 bits per heavy atom. The third-order valence-corrected chi connectivity index (χ3v) is 5.88. The molecule has 0 amide bonds. The second-order valence-electron chi connectivity index (χ2n) is 7.96. The topological polar surface area (TPSA) is 50.7 Å². The lowest BCUT2D eigenvalue weighted by Gasteiger charge is -2.20. The Morgan fingerprint density at radius 3 is 2.55 bits per heavy atom. The summed E-state index contributed by atoms with van der Waals surface area (Å²) in [4.78, 5) is 13.0. The van der Waals surface area contributed by atoms with Crippen molar-refractivity contribution in [3.63, 3.8) is 0 Å². The van der Waals surface area contributed by atoms with E-state index in [2.05, 4.69) is 27.2 Å². The van der Waals surface area contributed by atoms with Crippen LogP contribution in [0.15, 0.2) is 48.9 Å². The normalized spacial score (nSPS) is 18.9. The highest BCUT2D eigenvalue weighted by Crippen LogP contribution is 2.34. The Hall–Kier alpha value is -3.03. The van der Waals surface area contributed by atoms with Gasteiger partial charge in [-0.3, -0.25) is 4.98 Å². The molecule has 2 atom stereocenters. The molecule has 1 N–H and O–H groups in total. The highest BCUT2D eigenvalue weighted by Gasteiger charge is 2.30. The number of alkyl halides is 3. The standard InChI is InChI=1S/C23H22F4N4/c1-14-11-20-18(9-4-15(14)12-21-19(24)3-2-10-28-21)22(30-13-29-20)31-17-7-5-16(6-8-17)23(25,26)27/h2-3,5-8,10,13-15H,4,9,11-12H2,1H3,(H,29,30,31). The van der Waals surface area contributed by atoms with Crippen molar-refractivity contribution < 1.29 is 17.6 Å². The average Bonchev–Trinajstić information content (AvgIpc) is 2.89. The van der Waals surface area contributed by atoms with E-state index >= 15 is 0 Å². The van der Waals surface area contributed by atoms with Gasteiger partial charge in [0.2, 0.25) is 0 Å². The molecule has 0 aliphatic heterocycles. The Kier molecular flexibility index (Phi) is 5.89. The molecule has 0 saturated heterocycles. The average molecular weight is 430 g/mol. The van der Waals surface area contributed by atoms with Crippen molar-refractivity contribution in [3.8, 4) is 0 Å². The fraction of sp³-hybridized carbons (Fsp3) is 0.348. The molecule has 1 aliphatic carbocycles. The first-order chi connectivity index (χ1) is 14.8. The first-order valence-corrected chi connectivity index (χ1v) is 10.2. The van der Waals surface area contributed by atoms with E-state index in [4.69, 9.17) is 0 Å². The molecule has 0 fully saturated rings. The van der Waals surface area contributed by atoms with Crippen molar-refractivity contribution >= 4 is 11.5 Å². The number of benzene rings is 1. The van der Waals surface area contributed by atoms with E-state index in [9.17, 15) is 17.6 Å². The Labute approximate surface area is 177 Å². The molecule has 1 aromatic carbocycles. The summed E-state index contributed by atoms with van der Waals surface area (Å²) in [7, 11) is 0. The molecule has 4 rings (SSSR count). The lowest BCUT2D eigenvalue weighted by Crippen LogP contribution is -2.17. The summed E-state index contributed by atoms with van der Waals surface area (Å²) in [5, 5.41) is 3.14. The van der Waals surface area contributed by atoms with Crippen LogP contribution in [0.4, 0.5) is 29.1 Å². The van der Waals surface area contributed by atoms with Crippen molar-refractivity contribution in [1.29, 1.82) is 0 Å². The van der Waals surface area contributed by atoms with Crippen LogP contribution in [-0.4, -0.2) is 15.0 Å². The first-order valence-electron chi connectivity index (χ1n) is 10.2. The third-order valence-electron chi connectivity index (χ3n) is 5.88. The highest BCUT2D eigenvalue weighted by molar-refractivity contribution is 5.60. The number of anilines is 2. The largest absolute Gasteiger partial charge is 0.416 e. The number of nitrogens with one attached hydrogen (secondary N) is 1. The van der Waals surface area contributed by atoms with Gasteiger partial charge in [0.05, 0.1) is 11.3 Å². The number of aromatic nitrogens is 3. The van der Waals surface area contributed by atoms with E-state index in [1.165, 1.54) is 24.5 Å². The smallest absolute Gasteiger partial charge is 0.340 e. The summed E-state index contributed by atoms with van der Waals surface area (Å²) in [6.07, 6.45) is 1.49. The second kappa shape index (κ2) is 8.61. The molecule has 2 heterocycles. The fourth-order valence-electron chi connectivity index (χ4n) is 4.08. The fourth-order valence-corrected chi connectivity index (χ4v) is 4.08. The van der Waals surface area contributed by atoms with E-state index in [0.717, 1.165) is 36.2 Å². The maximum atomic E-state index is 14.1. The van der Waals surface area contributed by atoms with Crippen LogP contribution in [-0.2, 0) is 25.4 Å². The Balaban J connectivity index is 1.53. The molecular formula is C23H22F4N4. The number of hydrogen-bond donors (Lipinski definition) is 1. The number of rotatable bonds is 4. The van der Waals surface area contributed by atoms with Crippen LogP contribution in [0.2, 0.25) is 0 Å². The van der Waals surface area contributed by atoms with E-state index in [1.807, 2.05) is 0 Å². The molecule has 2 unspecified atom stereocenters. The van der Waals surface area contributed by atoms with Crippen molar-refractivity contribution in [2.24, 2.45) is 11.8 Å². The summed E-state index contributed by atoms with van der Waals surface area (Å²) in [5.74, 6) is 0.816. The van der Waals surface area contributed by atoms with E-state index in [0.29, 0.717) is 30.0 Å². The Bertz CT molecular complexity index is 1050. The van der Waals surface area contributed by atoms with Gasteiger partial charge < -0.3 is 5.32 Å².